The Labute approximate surface area is 125 Å². The van der Waals surface area contributed by atoms with Crippen molar-refractivity contribution in [1.29, 1.82) is 0 Å². The first kappa shape index (κ1) is 14.8. The van der Waals surface area contributed by atoms with Gasteiger partial charge in [0.2, 0.25) is 0 Å². The van der Waals surface area contributed by atoms with Crippen molar-refractivity contribution in [3.63, 3.8) is 0 Å². The van der Waals surface area contributed by atoms with Crippen molar-refractivity contribution in [2.75, 3.05) is 25.0 Å². The van der Waals surface area contributed by atoms with Crippen LogP contribution in [0, 0.1) is 5.92 Å². The van der Waals surface area contributed by atoms with Crippen molar-refractivity contribution in [1.82, 2.24) is 4.90 Å². The lowest BCUT2D eigenvalue weighted by molar-refractivity contribution is -0.149. The number of para-hydroxylation sites is 1. The minimum atomic E-state index is -0.0749. The summed E-state index contributed by atoms with van der Waals surface area (Å²) in [7, 11) is 0. The largest absolute Gasteiger partial charge is 0.466 e. The number of nitrogens with zero attached hydrogens (tertiary/aromatic N) is 1. The van der Waals surface area contributed by atoms with Gasteiger partial charge in [-0.15, -0.1) is 0 Å². The second-order valence-corrected chi connectivity index (χ2v) is 5.20. The van der Waals surface area contributed by atoms with E-state index < -0.39 is 0 Å². The predicted molar refractivity (Wildman–Crippen MR) is 83.6 cm³/mol. The normalized spacial score (nSPS) is 15.8. The van der Waals surface area contributed by atoms with Crippen LogP contribution in [0.5, 0.6) is 0 Å². The Morgan fingerprint density at radius 1 is 1.35 bits per heavy atom. The molecule has 0 radical (unpaired) electrons. The van der Waals surface area contributed by atoms with Gasteiger partial charge in [0.25, 0.3) is 0 Å². The highest BCUT2D eigenvalue weighted by Crippen LogP contribution is 2.19. The van der Waals surface area contributed by atoms with E-state index in [9.17, 15) is 4.79 Å². The number of rotatable bonds is 3. The molecule has 0 bridgehead atoms. The molecule has 0 aromatic heterocycles. The zero-order chi connectivity index (χ0) is 14.4. The molecule has 0 spiro atoms. The number of hydrogen-bond acceptors (Lipinski definition) is 3. The third kappa shape index (κ3) is 3.93. The molecule has 4 nitrogen and oxygen atoms in total. The number of piperidine rings is 1. The van der Waals surface area contributed by atoms with E-state index in [1.165, 1.54) is 0 Å². The van der Waals surface area contributed by atoms with E-state index >= 15 is 0 Å². The minimum absolute atomic E-state index is 0.0192. The number of hydrogen-bond donors (Lipinski definition) is 1. The SMILES string of the molecule is CCOC(=O)C1CCN(C(=S)Nc2ccccc2)CC1. The second kappa shape index (κ2) is 7.24. The van der Waals surface area contributed by atoms with E-state index in [0.29, 0.717) is 6.61 Å². The first-order valence-electron chi connectivity index (χ1n) is 6.98. The van der Waals surface area contributed by atoms with Gasteiger partial charge < -0.3 is 15.0 Å². The zero-order valence-corrected chi connectivity index (χ0v) is 12.5. The first-order chi connectivity index (χ1) is 9.70. The van der Waals surface area contributed by atoms with E-state index in [1.54, 1.807) is 0 Å². The molecule has 0 unspecified atom stereocenters. The number of anilines is 1. The van der Waals surface area contributed by atoms with Crippen LogP contribution in [0.3, 0.4) is 0 Å². The molecular weight excluding hydrogens is 272 g/mol. The van der Waals surface area contributed by atoms with Gasteiger partial charge in [-0.3, -0.25) is 4.79 Å². The number of thiocarbonyl (C=S) groups is 1. The van der Waals surface area contributed by atoms with Crippen molar-refractivity contribution in [3.8, 4) is 0 Å². The molecule has 0 atom stereocenters. The highest BCUT2D eigenvalue weighted by molar-refractivity contribution is 7.80. The lowest BCUT2D eigenvalue weighted by atomic mass is 9.97. The van der Waals surface area contributed by atoms with Gasteiger partial charge in [-0.05, 0) is 44.1 Å². The van der Waals surface area contributed by atoms with Gasteiger partial charge in [-0.1, -0.05) is 18.2 Å². The van der Waals surface area contributed by atoms with E-state index in [1.807, 2.05) is 37.3 Å². The van der Waals surface area contributed by atoms with Gasteiger partial charge in [0.05, 0.1) is 12.5 Å². The Bertz CT molecular complexity index is 456. The van der Waals surface area contributed by atoms with Gasteiger partial charge in [0.1, 0.15) is 0 Å². The van der Waals surface area contributed by atoms with Crippen LogP contribution >= 0.6 is 12.2 Å². The number of carbonyl (C=O) groups is 1. The van der Waals surface area contributed by atoms with Gasteiger partial charge in [0.15, 0.2) is 5.11 Å². The molecule has 0 saturated carbocycles. The highest BCUT2D eigenvalue weighted by Gasteiger charge is 2.26. The number of benzene rings is 1. The van der Waals surface area contributed by atoms with Crippen molar-refractivity contribution >= 4 is 29.0 Å². The molecule has 1 fully saturated rings. The molecule has 1 aromatic carbocycles. The lowest BCUT2D eigenvalue weighted by Crippen LogP contribution is -2.42. The molecule has 1 aliphatic heterocycles. The van der Waals surface area contributed by atoms with Crippen LogP contribution in [-0.2, 0) is 9.53 Å². The van der Waals surface area contributed by atoms with E-state index in [4.69, 9.17) is 17.0 Å². The standard InChI is InChI=1S/C15H20N2O2S/c1-2-19-14(18)12-8-10-17(11-9-12)15(20)16-13-6-4-3-5-7-13/h3-7,12H,2,8-11H2,1H3,(H,16,20). The maximum atomic E-state index is 11.7. The first-order valence-corrected chi connectivity index (χ1v) is 7.39. The summed E-state index contributed by atoms with van der Waals surface area (Å²) in [6, 6.07) is 9.88. The highest BCUT2D eigenvalue weighted by atomic mass is 32.1. The molecular formula is C15H20N2O2S. The average Bonchev–Trinajstić information content (AvgIpc) is 2.48. The molecule has 1 saturated heterocycles. The monoisotopic (exact) mass is 292 g/mol. The van der Waals surface area contributed by atoms with Crippen LogP contribution in [0.1, 0.15) is 19.8 Å². The maximum Gasteiger partial charge on any atom is 0.309 e. The third-order valence-corrected chi connectivity index (χ3v) is 3.79. The lowest BCUT2D eigenvalue weighted by Gasteiger charge is -2.32. The average molecular weight is 292 g/mol. The number of likely N-dealkylation sites (tertiary alicyclic amines) is 1. The summed E-state index contributed by atoms with van der Waals surface area (Å²) in [6.07, 6.45) is 1.60. The molecule has 1 aromatic rings. The topological polar surface area (TPSA) is 41.6 Å². The molecule has 0 aliphatic carbocycles. The minimum Gasteiger partial charge on any atom is -0.466 e. The van der Waals surface area contributed by atoms with Gasteiger partial charge in [-0.25, -0.2) is 0 Å². The summed E-state index contributed by atoms with van der Waals surface area (Å²) in [5.41, 5.74) is 0.991. The molecule has 108 valence electrons. The Kier molecular flexibility index (Phi) is 5.35. The predicted octanol–water partition coefficient (Wildman–Crippen LogP) is 2.66. The van der Waals surface area contributed by atoms with Crippen LogP contribution in [0.25, 0.3) is 0 Å². The molecule has 1 N–H and O–H groups in total. The summed E-state index contributed by atoms with van der Waals surface area (Å²) >= 11 is 5.41. The fourth-order valence-electron chi connectivity index (χ4n) is 2.30. The van der Waals surface area contributed by atoms with Crippen LogP contribution < -0.4 is 5.32 Å². The van der Waals surface area contributed by atoms with Crippen LogP contribution in [-0.4, -0.2) is 35.7 Å². The van der Waals surface area contributed by atoms with Crippen LogP contribution in [0.15, 0.2) is 30.3 Å². The number of carbonyl (C=O) groups excluding carboxylic acids is 1. The quantitative estimate of drug-likeness (QED) is 0.685. The summed E-state index contributed by atoms with van der Waals surface area (Å²) in [4.78, 5) is 13.8. The smallest absolute Gasteiger partial charge is 0.309 e. The van der Waals surface area contributed by atoms with Crippen LogP contribution in [0.2, 0.25) is 0 Å². The Balaban J connectivity index is 1.81. The Morgan fingerprint density at radius 3 is 2.60 bits per heavy atom. The van der Waals surface area contributed by atoms with Crippen molar-refractivity contribution in [2.45, 2.75) is 19.8 Å². The third-order valence-electron chi connectivity index (χ3n) is 3.43. The summed E-state index contributed by atoms with van der Waals surface area (Å²) in [5.74, 6) is -0.0557. The number of nitrogens with one attached hydrogen (secondary N) is 1. The Morgan fingerprint density at radius 2 is 2.00 bits per heavy atom. The fourth-order valence-corrected chi connectivity index (χ4v) is 2.60. The van der Waals surface area contributed by atoms with Crippen molar-refractivity contribution in [3.05, 3.63) is 30.3 Å². The maximum absolute atomic E-state index is 11.7. The van der Waals surface area contributed by atoms with Crippen molar-refractivity contribution in [2.24, 2.45) is 5.92 Å². The molecule has 2 rings (SSSR count). The summed E-state index contributed by atoms with van der Waals surface area (Å²) in [5, 5.41) is 3.94. The number of ether oxygens (including phenoxy) is 1. The van der Waals surface area contributed by atoms with Gasteiger partial charge in [-0.2, -0.15) is 0 Å². The van der Waals surface area contributed by atoms with Gasteiger partial charge in [0, 0.05) is 18.8 Å². The van der Waals surface area contributed by atoms with Crippen molar-refractivity contribution < 1.29 is 9.53 Å². The van der Waals surface area contributed by atoms with E-state index in [0.717, 1.165) is 36.7 Å². The molecule has 0 amide bonds. The molecule has 1 heterocycles. The van der Waals surface area contributed by atoms with Gasteiger partial charge >= 0.3 is 5.97 Å². The number of esters is 1. The molecule has 1 aliphatic rings. The Hall–Kier alpha value is -1.62. The molecule has 5 heteroatoms. The zero-order valence-electron chi connectivity index (χ0n) is 11.7. The fraction of sp³-hybridized carbons (Fsp3) is 0.467. The van der Waals surface area contributed by atoms with E-state index in [-0.39, 0.29) is 11.9 Å². The van der Waals surface area contributed by atoms with Crippen LogP contribution in [0.4, 0.5) is 5.69 Å². The summed E-state index contributed by atoms with van der Waals surface area (Å²) < 4.78 is 5.07. The second-order valence-electron chi connectivity index (χ2n) is 4.81. The molecule has 20 heavy (non-hydrogen) atoms. The van der Waals surface area contributed by atoms with E-state index in [2.05, 4.69) is 10.2 Å². The summed E-state index contributed by atoms with van der Waals surface area (Å²) in [6.45, 7) is 3.88.